The second-order valence-corrected chi connectivity index (χ2v) is 4.96. The Labute approximate surface area is 125 Å². The molecule has 0 amide bonds. The van der Waals surface area contributed by atoms with Crippen LogP contribution in [0.3, 0.4) is 0 Å². The van der Waals surface area contributed by atoms with Crippen LogP contribution >= 0.6 is 0 Å². The summed E-state index contributed by atoms with van der Waals surface area (Å²) in [7, 11) is 0. The van der Waals surface area contributed by atoms with Gasteiger partial charge in [-0.25, -0.2) is 0 Å². The Morgan fingerprint density at radius 1 is 0.667 bits per heavy atom. The molecule has 0 atom stereocenters. The third-order valence-corrected chi connectivity index (χ3v) is 3.42. The van der Waals surface area contributed by atoms with Gasteiger partial charge in [0.15, 0.2) is 0 Å². The number of anilines is 1. The fourth-order valence-electron chi connectivity index (χ4n) is 2.34. The summed E-state index contributed by atoms with van der Waals surface area (Å²) in [6.07, 6.45) is 4.26. The van der Waals surface area contributed by atoms with Crippen molar-refractivity contribution < 1.29 is 0 Å². The Balaban J connectivity index is 2.01. The molecule has 0 radical (unpaired) electrons. The van der Waals surface area contributed by atoms with Crippen molar-refractivity contribution in [1.29, 1.82) is 0 Å². The molecule has 21 heavy (non-hydrogen) atoms. The predicted molar refractivity (Wildman–Crippen MR) is 91.7 cm³/mol. The van der Waals surface area contributed by atoms with Crippen LogP contribution < -0.4 is 5.73 Å². The molecule has 0 aliphatic rings. The summed E-state index contributed by atoms with van der Waals surface area (Å²) in [6, 6.07) is 26.7. The summed E-state index contributed by atoms with van der Waals surface area (Å²) >= 11 is 0. The minimum absolute atomic E-state index is 0.783. The zero-order valence-electron chi connectivity index (χ0n) is 11.7. The van der Waals surface area contributed by atoms with E-state index in [4.69, 9.17) is 5.73 Å². The SMILES string of the molecule is Nc1ccc(/C=C/c2ccccc2)c(-c2ccccc2)c1. The number of nitrogen functional groups attached to an aromatic ring is 1. The first-order valence-electron chi connectivity index (χ1n) is 7.01. The number of hydrogen-bond donors (Lipinski definition) is 1. The lowest BCUT2D eigenvalue weighted by atomic mass is 9.98. The van der Waals surface area contributed by atoms with Crippen molar-refractivity contribution in [3.8, 4) is 11.1 Å². The third-order valence-electron chi connectivity index (χ3n) is 3.42. The predicted octanol–water partition coefficient (Wildman–Crippen LogP) is 5.11. The van der Waals surface area contributed by atoms with E-state index in [9.17, 15) is 0 Å². The minimum Gasteiger partial charge on any atom is -0.399 e. The van der Waals surface area contributed by atoms with Crippen molar-refractivity contribution >= 4 is 17.8 Å². The van der Waals surface area contributed by atoms with Crippen LogP contribution in [0.1, 0.15) is 11.1 Å². The molecule has 1 nitrogen and oxygen atoms in total. The number of hydrogen-bond acceptors (Lipinski definition) is 1. The summed E-state index contributed by atoms with van der Waals surface area (Å²) < 4.78 is 0. The summed E-state index contributed by atoms with van der Waals surface area (Å²) in [5, 5.41) is 0. The molecule has 3 aromatic rings. The van der Waals surface area contributed by atoms with Gasteiger partial charge in [-0.2, -0.15) is 0 Å². The lowest BCUT2D eigenvalue weighted by Gasteiger charge is -2.08. The maximum absolute atomic E-state index is 5.95. The van der Waals surface area contributed by atoms with E-state index in [-0.39, 0.29) is 0 Å². The highest BCUT2D eigenvalue weighted by Gasteiger charge is 2.03. The van der Waals surface area contributed by atoms with Crippen LogP contribution in [0.4, 0.5) is 5.69 Å². The van der Waals surface area contributed by atoms with Crippen molar-refractivity contribution in [1.82, 2.24) is 0 Å². The van der Waals surface area contributed by atoms with E-state index in [1.54, 1.807) is 0 Å². The van der Waals surface area contributed by atoms with Crippen LogP contribution in [-0.4, -0.2) is 0 Å². The third kappa shape index (κ3) is 3.21. The van der Waals surface area contributed by atoms with E-state index in [0.29, 0.717) is 0 Å². The second-order valence-electron chi connectivity index (χ2n) is 4.96. The first-order valence-corrected chi connectivity index (χ1v) is 7.01. The lowest BCUT2D eigenvalue weighted by molar-refractivity contribution is 1.58. The van der Waals surface area contributed by atoms with Gasteiger partial charge in [-0.3, -0.25) is 0 Å². The molecule has 0 bridgehead atoms. The maximum atomic E-state index is 5.95. The van der Waals surface area contributed by atoms with Gasteiger partial charge in [-0.1, -0.05) is 78.9 Å². The first kappa shape index (κ1) is 13.2. The van der Waals surface area contributed by atoms with Gasteiger partial charge in [0.25, 0.3) is 0 Å². The quantitative estimate of drug-likeness (QED) is 0.520. The number of benzene rings is 3. The highest BCUT2D eigenvalue weighted by atomic mass is 14.5. The van der Waals surface area contributed by atoms with Gasteiger partial charge in [-0.15, -0.1) is 0 Å². The molecule has 0 aliphatic heterocycles. The highest BCUT2D eigenvalue weighted by molar-refractivity contribution is 5.82. The normalized spacial score (nSPS) is 10.9. The van der Waals surface area contributed by atoms with E-state index in [1.807, 2.05) is 48.5 Å². The molecule has 0 spiro atoms. The van der Waals surface area contributed by atoms with E-state index < -0.39 is 0 Å². The average Bonchev–Trinajstić information content (AvgIpc) is 2.55. The van der Waals surface area contributed by atoms with Crippen molar-refractivity contribution in [3.05, 3.63) is 90.0 Å². The Morgan fingerprint density at radius 3 is 2.05 bits per heavy atom. The van der Waals surface area contributed by atoms with Gasteiger partial charge in [-0.05, 0) is 34.4 Å². The van der Waals surface area contributed by atoms with Crippen LogP contribution in [0.5, 0.6) is 0 Å². The topological polar surface area (TPSA) is 26.0 Å². The Hall–Kier alpha value is -2.80. The number of rotatable bonds is 3. The average molecular weight is 271 g/mol. The van der Waals surface area contributed by atoms with Crippen LogP contribution in [0.15, 0.2) is 78.9 Å². The highest BCUT2D eigenvalue weighted by Crippen LogP contribution is 2.27. The van der Waals surface area contributed by atoms with Crippen LogP contribution in [0.2, 0.25) is 0 Å². The smallest absolute Gasteiger partial charge is 0.0320 e. The van der Waals surface area contributed by atoms with Crippen molar-refractivity contribution in [2.24, 2.45) is 0 Å². The second kappa shape index (κ2) is 6.10. The fourth-order valence-corrected chi connectivity index (χ4v) is 2.34. The van der Waals surface area contributed by atoms with E-state index in [2.05, 4.69) is 42.5 Å². The molecule has 3 aromatic carbocycles. The number of nitrogens with two attached hydrogens (primary N) is 1. The van der Waals surface area contributed by atoms with Gasteiger partial charge < -0.3 is 5.73 Å². The zero-order chi connectivity index (χ0) is 14.5. The molecule has 0 unspecified atom stereocenters. The summed E-state index contributed by atoms with van der Waals surface area (Å²) in [5.41, 5.74) is 11.4. The molecule has 0 aliphatic carbocycles. The molecule has 3 rings (SSSR count). The Kier molecular flexibility index (Phi) is 3.83. The van der Waals surface area contributed by atoms with Gasteiger partial charge >= 0.3 is 0 Å². The molecular formula is C20H17N. The minimum atomic E-state index is 0.783. The molecular weight excluding hydrogens is 254 g/mol. The monoisotopic (exact) mass is 271 g/mol. The summed E-state index contributed by atoms with van der Waals surface area (Å²) in [5.74, 6) is 0. The van der Waals surface area contributed by atoms with Gasteiger partial charge in [0.05, 0.1) is 0 Å². The van der Waals surface area contributed by atoms with Crippen LogP contribution in [-0.2, 0) is 0 Å². The van der Waals surface area contributed by atoms with E-state index in [1.165, 1.54) is 16.7 Å². The van der Waals surface area contributed by atoms with Crippen molar-refractivity contribution in [2.75, 3.05) is 5.73 Å². The lowest BCUT2D eigenvalue weighted by Crippen LogP contribution is -1.89. The fraction of sp³-hybridized carbons (Fsp3) is 0. The molecule has 0 saturated carbocycles. The van der Waals surface area contributed by atoms with Crippen molar-refractivity contribution in [3.63, 3.8) is 0 Å². The summed E-state index contributed by atoms with van der Waals surface area (Å²) in [6.45, 7) is 0. The maximum Gasteiger partial charge on any atom is 0.0320 e. The van der Waals surface area contributed by atoms with E-state index in [0.717, 1.165) is 11.3 Å². The Morgan fingerprint density at radius 2 is 1.33 bits per heavy atom. The van der Waals surface area contributed by atoms with Crippen LogP contribution in [0, 0.1) is 0 Å². The Bertz CT molecular complexity index is 743. The summed E-state index contributed by atoms with van der Waals surface area (Å²) in [4.78, 5) is 0. The van der Waals surface area contributed by atoms with Gasteiger partial charge in [0.2, 0.25) is 0 Å². The van der Waals surface area contributed by atoms with Gasteiger partial charge in [0, 0.05) is 5.69 Å². The van der Waals surface area contributed by atoms with Crippen molar-refractivity contribution in [2.45, 2.75) is 0 Å². The van der Waals surface area contributed by atoms with Gasteiger partial charge in [0.1, 0.15) is 0 Å². The largest absolute Gasteiger partial charge is 0.399 e. The molecule has 0 saturated heterocycles. The molecule has 1 heteroatoms. The molecule has 2 N–H and O–H groups in total. The zero-order valence-corrected chi connectivity index (χ0v) is 11.7. The van der Waals surface area contributed by atoms with E-state index >= 15 is 0 Å². The first-order chi connectivity index (χ1) is 10.3. The molecule has 0 heterocycles. The molecule has 0 aromatic heterocycles. The molecule has 0 fully saturated rings. The van der Waals surface area contributed by atoms with Crippen LogP contribution in [0.25, 0.3) is 23.3 Å². The standard InChI is InChI=1S/C20H17N/c21-19-14-13-18(12-11-16-7-3-1-4-8-16)20(15-19)17-9-5-2-6-10-17/h1-15H,21H2/b12-11+. The molecule has 102 valence electrons.